The molecule has 0 spiro atoms. The zero-order valence-corrected chi connectivity index (χ0v) is 12.8. The van der Waals surface area contributed by atoms with Crippen LogP contribution in [0.3, 0.4) is 0 Å². The Kier molecular flexibility index (Phi) is 4.42. The lowest BCUT2D eigenvalue weighted by Gasteiger charge is -2.20. The molecule has 0 aromatic heterocycles. The molecular formula is C18H27NO. The molecule has 3 unspecified atom stereocenters. The van der Waals surface area contributed by atoms with Gasteiger partial charge in [-0.2, -0.15) is 0 Å². The monoisotopic (exact) mass is 273 g/mol. The lowest BCUT2D eigenvalue weighted by atomic mass is 9.95. The molecule has 2 fully saturated rings. The van der Waals surface area contributed by atoms with Crippen molar-refractivity contribution in [2.45, 2.75) is 38.6 Å². The number of rotatable bonds is 7. The highest BCUT2D eigenvalue weighted by molar-refractivity contribution is 5.28. The summed E-state index contributed by atoms with van der Waals surface area (Å²) in [5, 5.41) is 3.73. The van der Waals surface area contributed by atoms with Crippen LogP contribution in [-0.2, 0) is 11.2 Å². The normalized spacial score (nSPS) is 29.2. The van der Waals surface area contributed by atoms with Crippen molar-refractivity contribution < 1.29 is 4.74 Å². The third-order valence-electron chi connectivity index (χ3n) is 5.22. The summed E-state index contributed by atoms with van der Waals surface area (Å²) in [6.07, 6.45) is 5.39. The lowest BCUT2D eigenvalue weighted by Crippen LogP contribution is -2.24. The molecule has 0 bridgehead atoms. The van der Waals surface area contributed by atoms with E-state index in [-0.39, 0.29) is 0 Å². The molecule has 2 heteroatoms. The zero-order valence-electron chi connectivity index (χ0n) is 12.8. The summed E-state index contributed by atoms with van der Waals surface area (Å²) in [6.45, 7) is 4.09. The second-order valence-electron chi connectivity index (χ2n) is 6.36. The highest BCUT2D eigenvalue weighted by Crippen LogP contribution is 2.62. The standard InChI is InChI=1S/C18H27NO/c1-3-19-18(17-15-5-4-6-16(15)17)14-9-7-13(8-10-14)11-12-20-2/h7-10,15-19H,3-6,11-12H2,1-2H3. The van der Waals surface area contributed by atoms with Gasteiger partial charge in [-0.15, -0.1) is 0 Å². The van der Waals surface area contributed by atoms with Crippen LogP contribution >= 0.6 is 0 Å². The highest BCUT2D eigenvalue weighted by atomic mass is 16.5. The van der Waals surface area contributed by atoms with Crippen molar-refractivity contribution in [1.82, 2.24) is 5.32 Å². The predicted octanol–water partition coefficient (Wildman–Crippen LogP) is 3.57. The van der Waals surface area contributed by atoms with Crippen LogP contribution in [0.15, 0.2) is 24.3 Å². The van der Waals surface area contributed by atoms with Gasteiger partial charge in [-0.1, -0.05) is 37.6 Å². The molecule has 1 N–H and O–H groups in total. The maximum absolute atomic E-state index is 5.15. The number of methoxy groups -OCH3 is 1. The first-order valence-corrected chi connectivity index (χ1v) is 8.16. The first-order chi connectivity index (χ1) is 9.85. The van der Waals surface area contributed by atoms with Gasteiger partial charge in [-0.05, 0) is 54.7 Å². The molecule has 0 heterocycles. The zero-order chi connectivity index (χ0) is 13.9. The Morgan fingerprint density at radius 3 is 2.50 bits per heavy atom. The van der Waals surface area contributed by atoms with Crippen LogP contribution in [0, 0.1) is 17.8 Å². The summed E-state index contributed by atoms with van der Waals surface area (Å²) >= 11 is 0. The van der Waals surface area contributed by atoms with Gasteiger partial charge in [0.05, 0.1) is 6.61 Å². The number of fused-ring (bicyclic) bond motifs is 1. The molecule has 2 aliphatic rings. The minimum absolute atomic E-state index is 0.576. The second kappa shape index (κ2) is 6.28. The van der Waals surface area contributed by atoms with Gasteiger partial charge in [0.1, 0.15) is 0 Å². The molecule has 3 rings (SSSR count). The topological polar surface area (TPSA) is 21.3 Å². The van der Waals surface area contributed by atoms with Gasteiger partial charge < -0.3 is 10.1 Å². The number of hydrogen-bond donors (Lipinski definition) is 1. The van der Waals surface area contributed by atoms with Crippen molar-refractivity contribution in [2.24, 2.45) is 17.8 Å². The molecule has 2 saturated carbocycles. The van der Waals surface area contributed by atoms with E-state index in [1.807, 2.05) is 0 Å². The van der Waals surface area contributed by atoms with Crippen LogP contribution in [0.1, 0.15) is 43.4 Å². The van der Waals surface area contributed by atoms with E-state index in [0.29, 0.717) is 6.04 Å². The average molecular weight is 273 g/mol. The summed E-state index contributed by atoms with van der Waals surface area (Å²) in [6, 6.07) is 9.78. The Morgan fingerprint density at radius 2 is 1.90 bits per heavy atom. The number of ether oxygens (including phenoxy) is 1. The van der Waals surface area contributed by atoms with Gasteiger partial charge in [-0.25, -0.2) is 0 Å². The first-order valence-electron chi connectivity index (χ1n) is 8.16. The fourth-order valence-electron chi connectivity index (χ4n) is 4.18. The van der Waals surface area contributed by atoms with Crippen molar-refractivity contribution in [2.75, 3.05) is 20.3 Å². The van der Waals surface area contributed by atoms with Gasteiger partial charge in [0.25, 0.3) is 0 Å². The molecule has 0 saturated heterocycles. The molecule has 3 atom stereocenters. The fraction of sp³-hybridized carbons (Fsp3) is 0.667. The van der Waals surface area contributed by atoms with E-state index in [2.05, 4.69) is 36.5 Å². The van der Waals surface area contributed by atoms with Crippen LogP contribution in [0.5, 0.6) is 0 Å². The number of nitrogens with one attached hydrogen (secondary N) is 1. The summed E-state index contributed by atoms with van der Waals surface area (Å²) < 4.78 is 5.15. The third-order valence-corrected chi connectivity index (χ3v) is 5.22. The highest BCUT2D eigenvalue weighted by Gasteiger charge is 2.55. The van der Waals surface area contributed by atoms with Crippen LogP contribution in [-0.4, -0.2) is 20.3 Å². The number of benzene rings is 1. The second-order valence-corrected chi connectivity index (χ2v) is 6.36. The third kappa shape index (κ3) is 2.77. The van der Waals surface area contributed by atoms with Crippen molar-refractivity contribution in [3.05, 3.63) is 35.4 Å². The Hall–Kier alpha value is -0.860. The summed E-state index contributed by atoms with van der Waals surface area (Å²) in [5.74, 6) is 2.91. The van der Waals surface area contributed by atoms with Gasteiger partial charge in [0.2, 0.25) is 0 Å². The van der Waals surface area contributed by atoms with Crippen LogP contribution in [0.2, 0.25) is 0 Å². The Labute approximate surface area is 122 Å². The van der Waals surface area contributed by atoms with Crippen molar-refractivity contribution in [3.63, 3.8) is 0 Å². The van der Waals surface area contributed by atoms with Crippen LogP contribution in [0.4, 0.5) is 0 Å². The molecular weight excluding hydrogens is 246 g/mol. The summed E-state index contributed by atoms with van der Waals surface area (Å²) in [4.78, 5) is 0. The summed E-state index contributed by atoms with van der Waals surface area (Å²) in [5.41, 5.74) is 2.86. The molecule has 0 radical (unpaired) electrons. The maximum Gasteiger partial charge on any atom is 0.0502 e. The fourth-order valence-corrected chi connectivity index (χ4v) is 4.18. The quantitative estimate of drug-likeness (QED) is 0.820. The Morgan fingerprint density at radius 1 is 1.20 bits per heavy atom. The molecule has 1 aromatic carbocycles. The minimum atomic E-state index is 0.576. The molecule has 0 aliphatic heterocycles. The smallest absolute Gasteiger partial charge is 0.0502 e. The van der Waals surface area contributed by atoms with Crippen LogP contribution < -0.4 is 5.32 Å². The molecule has 1 aromatic rings. The van der Waals surface area contributed by atoms with E-state index in [4.69, 9.17) is 4.74 Å². The Bertz CT molecular complexity index is 418. The van der Waals surface area contributed by atoms with Crippen LogP contribution in [0.25, 0.3) is 0 Å². The van der Waals surface area contributed by atoms with E-state index in [1.54, 1.807) is 7.11 Å². The van der Waals surface area contributed by atoms with E-state index < -0.39 is 0 Å². The summed E-state index contributed by atoms with van der Waals surface area (Å²) in [7, 11) is 1.77. The first kappa shape index (κ1) is 14.1. The Balaban J connectivity index is 1.68. The predicted molar refractivity (Wildman–Crippen MR) is 82.8 cm³/mol. The minimum Gasteiger partial charge on any atom is -0.384 e. The van der Waals surface area contributed by atoms with Gasteiger partial charge in [0, 0.05) is 13.2 Å². The molecule has 2 aliphatic carbocycles. The van der Waals surface area contributed by atoms with E-state index in [0.717, 1.165) is 37.3 Å². The van der Waals surface area contributed by atoms with Gasteiger partial charge >= 0.3 is 0 Å². The van der Waals surface area contributed by atoms with E-state index in [9.17, 15) is 0 Å². The largest absolute Gasteiger partial charge is 0.384 e. The molecule has 110 valence electrons. The SMILES string of the molecule is CCNC(c1ccc(CCOC)cc1)C1C2CCCC21. The van der Waals surface area contributed by atoms with Crippen molar-refractivity contribution >= 4 is 0 Å². The molecule has 0 amide bonds. The van der Waals surface area contributed by atoms with Gasteiger partial charge in [0.15, 0.2) is 0 Å². The number of hydrogen-bond acceptors (Lipinski definition) is 2. The molecule has 2 nitrogen and oxygen atoms in total. The van der Waals surface area contributed by atoms with Gasteiger partial charge in [-0.3, -0.25) is 0 Å². The van der Waals surface area contributed by atoms with Crippen molar-refractivity contribution in [3.8, 4) is 0 Å². The maximum atomic E-state index is 5.15. The van der Waals surface area contributed by atoms with E-state index in [1.165, 1.54) is 30.4 Å². The van der Waals surface area contributed by atoms with Crippen molar-refractivity contribution in [1.29, 1.82) is 0 Å². The van der Waals surface area contributed by atoms with E-state index >= 15 is 0 Å². The lowest BCUT2D eigenvalue weighted by molar-refractivity contribution is 0.202. The average Bonchev–Trinajstić information content (AvgIpc) is 2.94. The molecule has 20 heavy (non-hydrogen) atoms.